The Bertz CT molecular complexity index is 1650. The van der Waals surface area contributed by atoms with Gasteiger partial charge in [0.15, 0.2) is 28.9 Å². The number of phenolic OH excluding ortho intramolecular Hbond substituents is 1. The quantitative estimate of drug-likeness (QED) is 0.242. The molecule has 0 fully saturated rings. The normalized spacial score (nSPS) is 24.0. The highest BCUT2D eigenvalue weighted by Crippen LogP contribution is 2.58. The third kappa shape index (κ3) is 4.64. The van der Waals surface area contributed by atoms with Gasteiger partial charge in [-0.15, -0.1) is 0 Å². The summed E-state index contributed by atoms with van der Waals surface area (Å²) in [4.78, 5) is 69.3. The number of carbonyl (C=O) groups excluding carboxylic acids is 5. The summed E-state index contributed by atoms with van der Waals surface area (Å²) in [5.74, 6) is -5.18. The molecule has 2 atom stereocenters. The molecule has 0 saturated heterocycles. The zero-order chi connectivity index (χ0) is 35.4. The molecule has 250 valence electrons. The Morgan fingerprint density at radius 3 is 1.74 bits per heavy atom. The number of aliphatic hydroxyl groups excluding tert-OH is 1. The molecule has 0 saturated carbocycles. The van der Waals surface area contributed by atoms with Crippen molar-refractivity contribution in [1.82, 2.24) is 0 Å². The van der Waals surface area contributed by atoms with Crippen molar-refractivity contribution in [3.8, 4) is 11.5 Å². The van der Waals surface area contributed by atoms with E-state index in [0.29, 0.717) is 11.1 Å². The van der Waals surface area contributed by atoms with Crippen LogP contribution in [0.3, 0.4) is 0 Å². The molecule has 46 heavy (non-hydrogen) atoms. The zero-order valence-corrected chi connectivity index (χ0v) is 29.8. The number of ether oxygens (including phenoxy) is 1. The van der Waals surface area contributed by atoms with Crippen molar-refractivity contribution in [3.05, 3.63) is 45.4 Å². The van der Waals surface area contributed by atoms with Crippen molar-refractivity contribution in [3.63, 3.8) is 0 Å². The van der Waals surface area contributed by atoms with Gasteiger partial charge in [-0.2, -0.15) is 0 Å². The van der Waals surface area contributed by atoms with E-state index in [-0.39, 0.29) is 57.4 Å². The molecule has 2 N–H and O–H groups in total. The number of allylic oxidation sites excluding steroid dienone is 4. The fourth-order valence-corrected chi connectivity index (χ4v) is 7.88. The number of benzene rings is 1. The van der Waals surface area contributed by atoms with Crippen LogP contribution in [0.2, 0.25) is 0 Å². The Hall–Kier alpha value is -3.55. The minimum atomic E-state index is -1.44. The molecule has 1 aromatic carbocycles. The van der Waals surface area contributed by atoms with E-state index in [1.54, 1.807) is 75.3 Å². The molecule has 0 radical (unpaired) electrons. The number of aliphatic hydroxyl groups is 1. The maximum atomic E-state index is 14.1. The van der Waals surface area contributed by atoms with Gasteiger partial charge in [-0.25, -0.2) is 0 Å². The highest BCUT2D eigenvalue weighted by molar-refractivity contribution is 6.21. The van der Waals surface area contributed by atoms with Gasteiger partial charge in [0, 0.05) is 40.0 Å². The van der Waals surface area contributed by atoms with Crippen molar-refractivity contribution in [2.75, 3.05) is 0 Å². The number of Topliss-reactive ketones (excluding diaryl/α,β-unsaturated/α-hetero) is 5. The lowest BCUT2D eigenvalue weighted by atomic mass is 9.58. The van der Waals surface area contributed by atoms with Gasteiger partial charge in [-0.3, -0.25) is 24.0 Å². The Kier molecular flexibility index (Phi) is 8.25. The third-order valence-electron chi connectivity index (χ3n) is 10.5. The molecule has 8 heteroatoms. The number of hydrogen-bond acceptors (Lipinski definition) is 8. The van der Waals surface area contributed by atoms with E-state index in [4.69, 9.17) is 4.74 Å². The molecule has 0 spiro atoms. The number of carbonyl (C=O) groups is 5. The lowest BCUT2D eigenvalue weighted by Gasteiger charge is -2.46. The standard InChI is InChI=1S/C38H50O8/c1-16(2)21(23-29(41)35(7,8)33(44)36(9,10)30(23)42)19-15-20-22(17(3)4)24-31(43)37(11,12)34(45)38(13,14)32(24)46-28(20)25(27(19)40)26(39)18(5)6/h15-18,21-22,40-41H,1-14H3. The molecule has 1 heterocycles. The van der Waals surface area contributed by atoms with Crippen LogP contribution in [-0.4, -0.2) is 39.1 Å². The molecule has 3 aliphatic rings. The van der Waals surface area contributed by atoms with Crippen LogP contribution in [-0.2, 0) is 19.2 Å². The van der Waals surface area contributed by atoms with Gasteiger partial charge in [0.05, 0.1) is 21.7 Å². The molecule has 4 rings (SSSR count). The van der Waals surface area contributed by atoms with Crippen LogP contribution in [0.15, 0.2) is 28.7 Å². The summed E-state index contributed by atoms with van der Waals surface area (Å²) < 4.78 is 6.50. The van der Waals surface area contributed by atoms with Crippen LogP contribution in [0.4, 0.5) is 0 Å². The van der Waals surface area contributed by atoms with Crippen LogP contribution < -0.4 is 4.74 Å². The largest absolute Gasteiger partial charge is 0.511 e. The summed E-state index contributed by atoms with van der Waals surface area (Å²) in [5.41, 5.74) is -4.33. The maximum absolute atomic E-state index is 14.1. The Balaban J connectivity index is 2.18. The van der Waals surface area contributed by atoms with Crippen LogP contribution in [0.1, 0.15) is 130 Å². The average molecular weight is 635 g/mol. The second-order valence-corrected chi connectivity index (χ2v) is 16.5. The molecule has 2 aliphatic carbocycles. The molecule has 0 bridgehead atoms. The summed E-state index contributed by atoms with van der Waals surface area (Å²) >= 11 is 0. The maximum Gasteiger partial charge on any atom is 0.175 e. The van der Waals surface area contributed by atoms with E-state index < -0.39 is 62.5 Å². The molecule has 0 aromatic heterocycles. The van der Waals surface area contributed by atoms with Crippen molar-refractivity contribution in [1.29, 1.82) is 0 Å². The van der Waals surface area contributed by atoms with Crippen LogP contribution >= 0.6 is 0 Å². The third-order valence-corrected chi connectivity index (χ3v) is 10.5. The minimum Gasteiger partial charge on any atom is -0.511 e. The van der Waals surface area contributed by atoms with E-state index in [1.165, 1.54) is 0 Å². The van der Waals surface area contributed by atoms with Gasteiger partial charge in [0.2, 0.25) is 0 Å². The Labute approximate surface area is 272 Å². The SMILES string of the molecule is CC(C)C(=O)c1c(O)c(C(C2=C(O)C(C)(C)C(=O)C(C)(C)C2=O)C(C)C)cc2c1OC1=C(C(=O)C(C)(C)C(=O)C1(C)C)C2C(C)C. The Morgan fingerprint density at radius 2 is 1.26 bits per heavy atom. The monoisotopic (exact) mass is 634 g/mol. The van der Waals surface area contributed by atoms with Crippen molar-refractivity contribution < 1.29 is 38.9 Å². The number of ketones is 5. The topological polar surface area (TPSA) is 135 Å². The van der Waals surface area contributed by atoms with E-state index >= 15 is 0 Å². The summed E-state index contributed by atoms with van der Waals surface area (Å²) in [7, 11) is 0. The van der Waals surface area contributed by atoms with Crippen molar-refractivity contribution >= 4 is 28.9 Å². The van der Waals surface area contributed by atoms with Crippen molar-refractivity contribution in [2.45, 2.75) is 109 Å². The predicted octanol–water partition coefficient (Wildman–Crippen LogP) is 7.58. The number of rotatable bonds is 6. The molecule has 1 aliphatic heterocycles. The first-order valence-corrected chi connectivity index (χ1v) is 16.3. The summed E-state index contributed by atoms with van der Waals surface area (Å²) in [6.07, 6.45) is 0. The number of fused-ring (bicyclic) bond motifs is 1. The first-order valence-electron chi connectivity index (χ1n) is 16.3. The number of aromatic hydroxyl groups is 1. The smallest absolute Gasteiger partial charge is 0.175 e. The second-order valence-electron chi connectivity index (χ2n) is 16.5. The average Bonchev–Trinajstić information content (AvgIpc) is 2.94. The van der Waals surface area contributed by atoms with Crippen LogP contribution in [0.5, 0.6) is 11.5 Å². The van der Waals surface area contributed by atoms with Crippen molar-refractivity contribution in [2.24, 2.45) is 39.4 Å². The summed E-state index contributed by atoms with van der Waals surface area (Å²) in [6, 6.07) is 1.69. The van der Waals surface area contributed by atoms with Gasteiger partial charge in [0.1, 0.15) is 28.6 Å². The highest BCUT2D eigenvalue weighted by atomic mass is 16.5. The second kappa shape index (κ2) is 10.7. The molecule has 1 aromatic rings. The highest BCUT2D eigenvalue weighted by Gasteiger charge is 2.59. The first-order chi connectivity index (χ1) is 20.8. The van der Waals surface area contributed by atoms with Gasteiger partial charge in [-0.1, -0.05) is 41.5 Å². The van der Waals surface area contributed by atoms with E-state index in [2.05, 4.69) is 0 Å². The van der Waals surface area contributed by atoms with Gasteiger partial charge in [-0.05, 0) is 73.3 Å². The lowest BCUT2D eigenvalue weighted by molar-refractivity contribution is -0.146. The number of hydrogen-bond donors (Lipinski definition) is 2. The Morgan fingerprint density at radius 1 is 0.761 bits per heavy atom. The number of phenols is 1. The molecule has 8 nitrogen and oxygen atoms in total. The van der Waals surface area contributed by atoms with E-state index in [0.717, 1.165) is 0 Å². The van der Waals surface area contributed by atoms with Crippen LogP contribution in [0, 0.1) is 39.4 Å². The van der Waals surface area contributed by atoms with Crippen LogP contribution in [0.25, 0.3) is 0 Å². The minimum absolute atomic E-state index is 0.0159. The summed E-state index contributed by atoms with van der Waals surface area (Å²) in [6.45, 7) is 23.9. The molecular formula is C38H50O8. The zero-order valence-electron chi connectivity index (χ0n) is 29.8. The molecule has 2 unspecified atom stereocenters. The van der Waals surface area contributed by atoms with Gasteiger partial charge < -0.3 is 14.9 Å². The van der Waals surface area contributed by atoms with E-state index in [1.807, 2.05) is 27.7 Å². The van der Waals surface area contributed by atoms with Gasteiger partial charge in [0.25, 0.3) is 0 Å². The fourth-order valence-electron chi connectivity index (χ4n) is 7.88. The first kappa shape index (κ1) is 35.3. The molecular weight excluding hydrogens is 584 g/mol. The summed E-state index contributed by atoms with van der Waals surface area (Å²) in [5, 5.41) is 23.7. The predicted molar refractivity (Wildman–Crippen MR) is 175 cm³/mol. The van der Waals surface area contributed by atoms with E-state index in [9.17, 15) is 34.2 Å². The molecule has 0 amide bonds. The van der Waals surface area contributed by atoms with Gasteiger partial charge >= 0.3 is 0 Å². The fraction of sp³-hybridized carbons (Fsp3) is 0.605. The lowest BCUT2D eigenvalue weighted by Crippen LogP contribution is -2.52.